The van der Waals surface area contributed by atoms with Crippen molar-refractivity contribution in [2.75, 3.05) is 21.1 Å². The molecule has 1 aromatic carbocycles. The molecule has 1 heterocycles. The van der Waals surface area contributed by atoms with Crippen molar-refractivity contribution in [1.82, 2.24) is 13.5 Å². The van der Waals surface area contributed by atoms with Crippen LogP contribution in [-0.4, -0.2) is 39.7 Å². The third kappa shape index (κ3) is 20.5. The molecule has 0 bridgehead atoms. The summed E-state index contributed by atoms with van der Waals surface area (Å²) in [5, 5.41) is 6.90. The Kier molecular flexibility index (Phi) is 24.5. The molecule has 6 nitrogen and oxygen atoms in total. The molecular formula is C11H18FN3O3P3Rf-. The second-order valence-corrected chi connectivity index (χ2v) is 5.65. The first-order valence-corrected chi connectivity index (χ1v) is 7.81. The fraction of sp³-hybridized carbons (Fsp3) is 0.364. The maximum atomic E-state index is 9.85. The van der Waals surface area contributed by atoms with E-state index in [-0.39, 0.29) is 0 Å². The van der Waals surface area contributed by atoms with Crippen molar-refractivity contribution < 1.29 is 19.0 Å². The van der Waals surface area contributed by atoms with Gasteiger partial charge in [-0.1, -0.05) is 12.1 Å². The molecule has 120 valence electrons. The van der Waals surface area contributed by atoms with Crippen LogP contribution >= 0.6 is 25.5 Å². The van der Waals surface area contributed by atoms with Crippen LogP contribution in [0.25, 0.3) is 0 Å². The summed E-state index contributed by atoms with van der Waals surface area (Å²) in [6, 6.07) is 7.96. The van der Waals surface area contributed by atoms with Crippen molar-refractivity contribution >= 4 is 25.5 Å². The quantitative estimate of drug-likeness (QED) is 0.488. The Labute approximate surface area is 129 Å². The average Bonchev–Trinajstić information content (AvgIpc) is 2.51. The number of halogens is 1. The Morgan fingerprint density at radius 1 is 1.18 bits per heavy atom. The van der Waals surface area contributed by atoms with Crippen LogP contribution in [0.5, 0.6) is 5.75 Å². The van der Waals surface area contributed by atoms with Gasteiger partial charge in [-0.05, 0) is 31.7 Å². The number of ether oxygens (including phenoxy) is 2. The monoisotopic (exact) mass is 619 g/mol. The molecule has 0 aliphatic rings. The Morgan fingerprint density at radius 3 is 1.82 bits per heavy atom. The summed E-state index contributed by atoms with van der Waals surface area (Å²) in [6.45, 7) is 0.794. The molecule has 0 atom stereocenters. The van der Waals surface area contributed by atoms with Crippen molar-refractivity contribution in [3.63, 3.8) is 0 Å². The number of nitrogens with zero attached hydrogens (tertiary/aromatic N) is 3. The minimum atomic E-state index is -1.25. The fourth-order valence-electron chi connectivity index (χ4n) is 0.850. The second kappa shape index (κ2) is 21.5. The van der Waals surface area contributed by atoms with E-state index in [2.05, 4.69) is 25.4 Å². The molecule has 0 aliphatic heterocycles. The summed E-state index contributed by atoms with van der Waals surface area (Å²) < 4.78 is 30.2. The van der Waals surface area contributed by atoms with Crippen LogP contribution < -0.4 is 4.74 Å². The molecule has 22 heavy (non-hydrogen) atoms. The van der Waals surface area contributed by atoms with E-state index in [1.165, 1.54) is 12.7 Å². The number of aryl methyl sites for hydroxylation is 1. The molecule has 2 rings (SSSR count). The van der Waals surface area contributed by atoms with Crippen LogP contribution in [0.15, 0.2) is 24.3 Å². The Morgan fingerprint density at radius 2 is 1.59 bits per heavy atom. The number of alkyl halides is 1. The van der Waals surface area contributed by atoms with Gasteiger partial charge in [-0.2, -0.15) is 13.5 Å². The van der Waals surface area contributed by atoms with Gasteiger partial charge >= 0.3 is 0 Å². The van der Waals surface area contributed by atoms with Gasteiger partial charge in [0.15, 0.2) is 32.4 Å². The topological polar surface area (TPSA) is 77.4 Å². The third-order valence-electron chi connectivity index (χ3n) is 1.47. The standard InChI is InChI=1S/C8H10O.C2H5O.CH3FO.N3P3.Rf/c1-7-4-3-5-8(6-7)9-2;1-3-2;2-1-3;1-4-2-6-3-5-1;/h3-6H,1-2H3;1H2,2H3;3H,1H2;;/q;-1;;;. The molecule has 0 radical (unpaired) electrons. The Bertz CT molecular complexity index is 407. The van der Waals surface area contributed by atoms with Gasteiger partial charge in [0.05, 0.1) is 7.11 Å². The fourth-order valence-corrected chi connectivity index (χ4v) is 2.67. The van der Waals surface area contributed by atoms with E-state index in [1.54, 1.807) is 7.11 Å². The predicted molar refractivity (Wildman–Crippen MR) is 85.7 cm³/mol. The number of methoxy groups -OCH3 is 2. The molecule has 0 saturated carbocycles. The zero-order chi connectivity index (χ0) is 16.3. The maximum Gasteiger partial charge on any atom is 0.185 e. The van der Waals surface area contributed by atoms with Gasteiger partial charge in [0.1, 0.15) is 5.75 Å². The van der Waals surface area contributed by atoms with E-state index < -0.39 is 6.86 Å². The first-order chi connectivity index (χ1) is 10.2. The number of rotatable bonds is 1. The summed E-state index contributed by atoms with van der Waals surface area (Å²) in [5.74, 6) is 0.926. The van der Waals surface area contributed by atoms with Crippen LogP contribution in [0.2, 0.25) is 0 Å². The summed E-state index contributed by atoms with van der Waals surface area (Å²) in [6.07, 6.45) is 0. The molecule has 2 aromatic rings. The molecule has 1 aromatic heterocycles. The van der Waals surface area contributed by atoms with Crippen LogP contribution in [-0.2, 0) is 4.74 Å². The first-order valence-electron chi connectivity index (χ1n) is 5.41. The summed E-state index contributed by atoms with van der Waals surface area (Å²) in [4.78, 5) is 0. The van der Waals surface area contributed by atoms with E-state index in [4.69, 9.17) is 9.84 Å². The molecule has 0 spiro atoms. The van der Waals surface area contributed by atoms with E-state index >= 15 is 0 Å². The molecule has 0 fully saturated rings. The number of aliphatic hydroxyl groups is 1. The molecule has 0 unspecified atom stereocenters. The Hall–Kier alpha value is -1.83. The molecule has 0 aliphatic carbocycles. The van der Waals surface area contributed by atoms with Crippen LogP contribution in [0.1, 0.15) is 5.56 Å². The van der Waals surface area contributed by atoms with Crippen LogP contribution in [0.3, 0.4) is 0 Å². The van der Waals surface area contributed by atoms with Gasteiger partial charge in [0.2, 0.25) is 0 Å². The van der Waals surface area contributed by atoms with Gasteiger partial charge in [-0.3, -0.25) is 0 Å². The SMILES string of the molecule is COc1cccc(C)c1.OCF.[CH2-]OC.[Rf].n1pnpnp1. The van der Waals surface area contributed by atoms with Crippen molar-refractivity contribution in [1.29, 1.82) is 0 Å². The van der Waals surface area contributed by atoms with E-state index in [9.17, 15) is 4.39 Å². The smallest absolute Gasteiger partial charge is 0.185 e. The minimum absolute atomic E-state index is 0. The van der Waals surface area contributed by atoms with Crippen LogP contribution in [0, 0.1) is 14.0 Å². The molecular weight excluding hydrogens is 601 g/mol. The van der Waals surface area contributed by atoms with Gasteiger partial charge in [-0.25, -0.2) is 11.5 Å². The number of hydrogen-bond acceptors (Lipinski definition) is 6. The molecule has 11 heteroatoms. The summed E-state index contributed by atoms with van der Waals surface area (Å²) in [5.41, 5.74) is 1.23. The molecule has 1 N–H and O–H groups in total. The maximum absolute atomic E-state index is 9.85. The largest absolute Gasteiger partial charge is 0.557 e. The molecule has 0 amide bonds. The van der Waals surface area contributed by atoms with Crippen molar-refractivity contribution in [3.8, 4) is 5.75 Å². The van der Waals surface area contributed by atoms with E-state index in [1.807, 2.05) is 31.2 Å². The minimum Gasteiger partial charge on any atom is -0.557 e. The van der Waals surface area contributed by atoms with Gasteiger partial charge in [0, 0.05) is 0 Å². The third-order valence-corrected chi connectivity index (χ3v) is 3.39. The number of aromatic nitrogens is 3. The van der Waals surface area contributed by atoms with Gasteiger partial charge < -0.3 is 14.6 Å². The zero-order valence-electron chi connectivity index (χ0n) is 12.8. The number of aliphatic hydroxyl groups excluding tert-OH is 1. The van der Waals surface area contributed by atoms with E-state index in [0.29, 0.717) is 0 Å². The first kappa shape index (κ1) is 25.1. The number of hydrogen-bond donors (Lipinski definition) is 1. The van der Waals surface area contributed by atoms with Crippen molar-refractivity contribution in [2.45, 2.75) is 6.92 Å². The second-order valence-electron chi connectivity index (χ2n) is 2.97. The van der Waals surface area contributed by atoms with Gasteiger partial charge in [0.25, 0.3) is 0 Å². The Balaban J connectivity index is -0.000000243. The van der Waals surface area contributed by atoms with Crippen LogP contribution in [0.4, 0.5) is 4.39 Å². The summed E-state index contributed by atoms with van der Waals surface area (Å²) in [7, 11) is 8.66. The summed E-state index contributed by atoms with van der Waals surface area (Å²) >= 11 is 0. The number of benzene rings is 1. The zero-order valence-corrected chi connectivity index (χ0v) is 21.8. The van der Waals surface area contributed by atoms with Gasteiger partial charge in [-0.15, -0.1) is 0 Å². The van der Waals surface area contributed by atoms with Crippen molar-refractivity contribution in [3.05, 3.63) is 36.9 Å². The molecule has 0 saturated heterocycles. The van der Waals surface area contributed by atoms with Crippen molar-refractivity contribution in [2.24, 2.45) is 0 Å². The normalized spacial score (nSPS) is 8.64. The average molecular weight is 619 g/mol. The van der Waals surface area contributed by atoms with E-state index in [0.717, 1.165) is 31.3 Å². The predicted octanol–water partition coefficient (Wildman–Crippen LogP) is 3.95.